The minimum atomic E-state index is 0.801. The molecule has 70 valence electrons. The Bertz CT molecular complexity index is 281. The fraction of sp³-hybridized carbons (Fsp3) is 0.556. The molecule has 0 spiro atoms. The zero-order valence-corrected chi connectivity index (χ0v) is 8.31. The molecule has 1 aromatic rings. The topological polar surface area (TPSA) is 40.0 Å². The summed E-state index contributed by atoms with van der Waals surface area (Å²) in [6.45, 7) is 2.02. The molecule has 4 heteroatoms. The van der Waals surface area contributed by atoms with Gasteiger partial charge in [0.15, 0.2) is 0 Å². The summed E-state index contributed by atoms with van der Waals surface area (Å²) in [5.74, 6) is 0.801. The van der Waals surface area contributed by atoms with Crippen LogP contribution in [0.1, 0.15) is 18.5 Å². The van der Waals surface area contributed by atoms with Crippen molar-refractivity contribution >= 4 is 17.2 Å². The smallest absolute Gasteiger partial charge is 0.0958 e. The minimum absolute atomic E-state index is 0.801. The van der Waals surface area contributed by atoms with E-state index in [1.54, 1.807) is 11.3 Å². The molecule has 0 saturated carbocycles. The Balaban J connectivity index is 1.82. The third-order valence-corrected chi connectivity index (χ3v) is 2.98. The Labute approximate surface area is 81.9 Å². The van der Waals surface area contributed by atoms with Crippen molar-refractivity contribution in [3.8, 4) is 0 Å². The zero-order chi connectivity index (χ0) is 9.10. The first-order valence-electron chi connectivity index (χ1n) is 4.56. The zero-order valence-electron chi connectivity index (χ0n) is 7.49. The predicted molar refractivity (Wildman–Crippen MR) is 54.4 cm³/mol. The molecule has 2 rings (SSSR count). The highest BCUT2D eigenvalue weighted by atomic mass is 32.1. The second-order valence-corrected chi connectivity index (χ2v) is 3.99. The van der Waals surface area contributed by atoms with E-state index in [0.717, 1.165) is 43.9 Å². The van der Waals surface area contributed by atoms with Gasteiger partial charge in [-0.05, 0) is 6.42 Å². The van der Waals surface area contributed by atoms with Crippen molar-refractivity contribution < 1.29 is 0 Å². The van der Waals surface area contributed by atoms with Gasteiger partial charge < -0.3 is 4.90 Å². The Morgan fingerprint density at radius 1 is 1.62 bits per heavy atom. The second-order valence-electron chi connectivity index (χ2n) is 3.27. The SMILES string of the molecule is N=C1CCCN1CCc1cscn1. The van der Waals surface area contributed by atoms with Gasteiger partial charge in [0.1, 0.15) is 0 Å². The van der Waals surface area contributed by atoms with Crippen LogP contribution in [0, 0.1) is 5.41 Å². The molecule has 3 nitrogen and oxygen atoms in total. The van der Waals surface area contributed by atoms with Crippen molar-refractivity contribution in [3.63, 3.8) is 0 Å². The number of thiazole rings is 1. The van der Waals surface area contributed by atoms with Crippen LogP contribution in [-0.4, -0.2) is 28.8 Å². The summed E-state index contributed by atoms with van der Waals surface area (Å²) in [7, 11) is 0. The first-order valence-corrected chi connectivity index (χ1v) is 5.50. The fourth-order valence-electron chi connectivity index (χ4n) is 1.59. The summed E-state index contributed by atoms with van der Waals surface area (Å²) in [6.07, 6.45) is 3.08. The average Bonchev–Trinajstić information content (AvgIpc) is 2.72. The summed E-state index contributed by atoms with van der Waals surface area (Å²) in [5, 5.41) is 9.73. The Kier molecular flexibility index (Phi) is 2.59. The maximum absolute atomic E-state index is 7.64. The molecular formula is C9H13N3S. The maximum Gasteiger partial charge on any atom is 0.0958 e. The standard InChI is InChI=1S/C9H13N3S/c10-9-2-1-4-12(9)5-3-8-6-13-7-11-8/h6-7,10H,1-5H2. The molecule has 0 radical (unpaired) electrons. The molecule has 0 bridgehead atoms. The van der Waals surface area contributed by atoms with Gasteiger partial charge in [0.25, 0.3) is 0 Å². The van der Waals surface area contributed by atoms with Crippen LogP contribution < -0.4 is 0 Å². The number of nitrogens with zero attached hydrogens (tertiary/aromatic N) is 2. The molecule has 1 aliphatic rings. The molecule has 0 aromatic carbocycles. The van der Waals surface area contributed by atoms with Crippen LogP contribution in [0.15, 0.2) is 10.9 Å². The van der Waals surface area contributed by atoms with Crippen LogP contribution in [0.4, 0.5) is 0 Å². The number of nitrogens with one attached hydrogen (secondary N) is 1. The van der Waals surface area contributed by atoms with Crippen LogP contribution in [0.2, 0.25) is 0 Å². The van der Waals surface area contributed by atoms with Crippen LogP contribution in [0.3, 0.4) is 0 Å². The summed E-state index contributed by atoms with van der Waals surface area (Å²) in [5.41, 5.74) is 3.02. The predicted octanol–water partition coefficient (Wildman–Crippen LogP) is 1.76. The van der Waals surface area contributed by atoms with Crippen molar-refractivity contribution in [2.24, 2.45) is 0 Å². The van der Waals surface area contributed by atoms with Crippen molar-refractivity contribution in [1.82, 2.24) is 9.88 Å². The first-order chi connectivity index (χ1) is 6.36. The van der Waals surface area contributed by atoms with E-state index in [1.807, 2.05) is 5.51 Å². The minimum Gasteiger partial charge on any atom is -0.360 e. The Morgan fingerprint density at radius 3 is 3.15 bits per heavy atom. The number of amidine groups is 1. The molecule has 0 amide bonds. The quantitative estimate of drug-likeness (QED) is 0.798. The van der Waals surface area contributed by atoms with E-state index in [1.165, 1.54) is 0 Å². The molecule has 1 aliphatic heterocycles. The van der Waals surface area contributed by atoms with E-state index in [4.69, 9.17) is 5.41 Å². The molecule has 1 saturated heterocycles. The van der Waals surface area contributed by atoms with Gasteiger partial charge in [0.2, 0.25) is 0 Å². The van der Waals surface area contributed by atoms with Gasteiger partial charge in [0.05, 0.1) is 17.0 Å². The van der Waals surface area contributed by atoms with Crippen LogP contribution in [-0.2, 0) is 6.42 Å². The second kappa shape index (κ2) is 3.87. The monoisotopic (exact) mass is 195 g/mol. The highest BCUT2D eigenvalue weighted by Crippen LogP contribution is 2.11. The summed E-state index contributed by atoms with van der Waals surface area (Å²) < 4.78 is 0. The van der Waals surface area contributed by atoms with E-state index in [-0.39, 0.29) is 0 Å². The summed E-state index contributed by atoms with van der Waals surface area (Å²) >= 11 is 1.64. The van der Waals surface area contributed by atoms with Crippen LogP contribution >= 0.6 is 11.3 Å². The lowest BCUT2D eigenvalue weighted by Crippen LogP contribution is -2.26. The van der Waals surface area contributed by atoms with Gasteiger partial charge in [-0.15, -0.1) is 11.3 Å². The Hall–Kier alpha value is -0.900. The molecular weight excluding hydrogens is 182 g/mol. The van der Waals surface area contributed by atoms with E-state index in [9.17, 15) is 0 Å². The largest absolute Gasteiger partial charge is 0.360 e. The van der Waals surface area contributed by atoms with Gasteiger partial charge >= 0.3 is 0 Å². The third-order valence-electron chi connectivity index (χ3n) is 2.34. The first kappa shape index (κ1) is 8.69. The van der Waals surface area contributed by atoms with Crippen LogP contribution in [0.25, 0.3) is 0 Å². The normalized spacial score (nSPS) is 16.9. The third kappa shape index (κ3) is 2.06. The molecule has 1 aromatic heterocycles. The number of likely N-dealkylation sites (tertiary alicyclic amines) is 1. The van der Waals surface area contributed by atoms with Gasteiger partial charge in [0, 0.05) is 31.3 Å². The van der Waals surface area contributed by atoms with E-state index in [0.29, 0.717) is 0 Å². The fourth-order valence-corrected chi connectivity index (χ4v) is 2.18. The molecule has 0 aliphatic carbocycles. The van der Waals surface area contributed by atoms with Crippen molar-refractivity contribution in [2.75, 3.05) is 13.1 Å². The van der Waals surface area contributed by atoms with Gasteiger partial charge in [-0.1, -0.05) is 0 Å². The number of rotatable bonds is 3. The van der Waals surface area contributed by atoms with Crippen molar-refractivity contribution in [1.29, 1.82) is 5.41 Å². The van der Waals surface area contributed by atoms with E-state index >= 15 is 0 Å². The number of aromatic nitrogens is 1. The summed E-state index contributed by atoms with van der Waals surface area (Å²) in [6, 6.07) is 0. The van der Waals surface area contributed by atoms with Crippen molar-refractivity contribution in [3.05, 3.63) is 16.6 Å². The average molecular weight is 195 g/mol. The lowest BCUT2D eigenvalue weighted by atomic mass is 10.3. The molecule has 0 unspecified atom stereocenters. The molecule has 0 atom stereocenters. The van der Waals surface area contributed by atoms with Gasteiger partial charge in [-0.2, -0.15) is 0 Å². The van der Waals surface area contributed by atoms with Crippen molar-refractivity contribution in [2.45, 2.75) is 19.3 Å². The van der Waals surface area contributed by atoms with Crippen LogP contribution in [0.5, 0.6) is 0 Å². The van der Waals surface area contributed by atoms with E-state index < -0.39 is 0 Å². The highest BCUT2D eigenvalue weighted by molar-refractivity contribution is 7.07. The number of hydrogen-bond donors (Lipinski definition) is 1. The molecule has 1 N–H and O–H groups in total. The van der Waals surface area contributed by atoms with Gasteiger partial charge in [-0.25, -0.2) is 4.98 Å². The molecule has 2 heterocycles. The van der Waals surface area contributed by atoms with Gasteiger partial charge in [-0.3, -0.25) is 5.41 Å². The molecule has 13 heavy (non-hydrogen) atoms. The maximum atomic E-state index is 7.64. The lowest BCUT2D eigenvalue weighted by molar-refractivity contribution is 0.453. The molecule has 1 fully saturated rings. The lowest BCUT2D eigenvalue weighted by Gasteiger charge is -2.16. The summed E-state index contributed by atoms with van der Waals surface area (Å²) in [4.78, 5) is 6.38. The van der Waals surface area contributed by atoms with E-state index in [2.05, 4.69) is 15.3 Å². The Morgan fingerprint density at radius 2 is 2.54 bits per heavy atom. The highest BCUT2D eigenvalue weighted by Gasteiger charge is 2.15. The number of hydrogen-bond acceptors (Lipinski definition) is 3.